The average molecular weight is 337 g/mol. The second-order valence-corrected chi connectivity index (χ2v) is 6.35. The number of hydrogen-bond donors (Lipinski definition) is 4. The van der Waals surface area contributed by atoms with Gasteiger partial charge in [-0.1, -0.05) is 19.3 Å². The summed E-state index contributed by atoms with van der Waals surface area (Å²) < 4.78 is 2.81. The van der Waals surface area contributed by atoms with Crippen molar-refractivity contribution in [2.45, 2.75) is 50.8 Å². The van der Waals surface area contributed by atoms with Crippen LogP contribution in [-0.2, 0) is 13.6 Å². The highest BCUT2D eigenvalue weighted by molar-refractivity contribution is 5.74. The predicted octanol–water partition coefficient (Wildman–Crippen LogP) is -0.479. The van der Waals surface area contributed by atoms with Crippen LogP contribution in [-0.4, -0.2) is 48.1 Å². The van der Waals surface area contributed by atoms with E-state index in [0.717, 1.165) is 25.7 Å². The Morgan fingerprint density at radius 3 is 2.71 bits per heavy atom. The van der Waals surface area contributed by atoms with Crippen LogP contribution in [0.4, 0.5) is 5.95 Å². The highest BCUT2D eigenvalue weighted by atomic mass is 16.3. The Morgan fingerprint density at radius 2 is 2.04 bits per heavy atom. The molecule has 1 atom stereocenters. The van der Waals surface area contributed by atoms with Crippen LogP contribution in [0.25, 0.3) is 11.2 Å². The minimum atomic E-state index is -1.02. The molecular formula is C15H23N5O4. The number of nitrogens with one attached hydrogen (secondary N) is 2. The van der Waals surface area contributed by atoms with Gasteiger partial charge in [-0.05, 0) is 12.8 Å². The number of hydrogen-bond acceptors (Lipinski definition) is 6. The van der Waals surface area contributed by atoms with Gasteiger partial charge in [-0.2, -0.15) is 4.98 Å². The van der Waals surface area contributed by atoms with Gasteiger partial charge in [0.1, 0.15) is 0 Å². The summed E-state index contributed by atoms with van der Waals surface area (Å²) in [6, 6.07) is 0.247. The monoisotopic (exact) mass is 337 g/mol. The van der Waals surface area contributed by atoms with Crippen molar-refractivity contribution in [1.29, 1.82) is 0 Å². The van der Waals surface area contributed by atoms with Gasteiger partial charge < -0.3 is 20.1 Å². The van der Waals surface area contributed by atoms with Gasteiger partial charge in [0.25, 0.3) is 5.56 Å². The Kier molecular flexibility index (Phi) is 4.72. The Labute approximate surface area is 138 Å². The SMILES string of the molecule is Cn1c(=O)[nH]c(=O)c2c1nc(NC1CCCCC1)n2CC(O)CO. The average Bonchev–Trinajstić information content (AvgIpc) is 2.92. The van der Waals surface area contributed by atoms with E-state index in [4.69, 9.17) is 5.11 Å². The first-order valence-corrected chi connectivity index (χ1v) is 8.26. The van der Waals surface area contributed by atoms with Crippen molar-refractivity contribution in [2.75, 3.05) is 11.9 Å². The first kappa shape index (κ1) is 16.7. The third kappa shape index (κ3) is 3.09. The zero-order valence-corrected chi connectivity index (χ0v) is 13.7. The summed E-state index contributed by atoms with van der Waals surface area (Å²) in [5.41, 5.74) is -0.624. The van der Waals surface area contributed by atoms with Crippen LogP contribution in [0.2, 0.25) is 0 Å². The molecule has 132 valence electrons. The van der Waals surface area contributed by atoms with E-state index in [1.165, 1.54) is 18.0 Å². The molecule has 0 bridgehead atoms. The number of aliphatic hydroxyl groups excluding tert-OH is 2. The number of rotatable bonds is 5. The molecule has 2 aromatic rings. The Balaban J connectivity index is 2.10. The Bertz CT molecular complexity index is 831. The molecule has 2 aromatic heterocycles. The summed E-state index contributed by atoms with van der Waals surface area (Å²) in [6.07, 6.45) is 4.49. The Hall–Kier alpha value is -2.13. The molecule has 3 rings (SSSR count). The van der Waals surface area contributed by atoms with E-state index in [9.17, 15) is 14.7 Å². The van der Waals surface area contributed by atoms with Crippen molar-refractivity contribution in [3.8, 4) is 0 Å². The highest BCUT2D eigenvalue weighted by Crippen LogP contribution is 2.23. The van der Waals surface area contributed by atoms with Crippen LogP contribution in [0.3, 0.4) is 0 Å². The van der Waals surface area contributed by atoms with E-state index in [0.29, 0.717) is 5.95 Å². The van der Waals surface area contributed by atoms with Crippen molar-refractivity contribution < 1.29 is 10.2 Å². The maximum atomic E-state index is 12.2. The zero-order valence-electron chi connectivity index (χ0n) is 13.7. The number of imidazole rings is 1. The number of fused-ring (bicyclic) bond motifs is 1. The topological polar surface area (TPSA) is 125 Å². The maximum Gasteiger partial charge on any atom is 0.329 e. The predicted molar refractivity (Wildman–Crippen MR) is 89.2 cm³/mol. The van der Waals surface area contributed by atoms with E-state index in [1.807, 2.05) is 0 Å². The van der Waals surface area contributed by atoms with Crippen LogP contribution in [0.15, 0.2) is 9.59 Å². The maximum absolute atomic E-state index is 12.2. The molecule has 0 aliphatic heterocycles. The summed E-state index contributed by atoms with van der Waals surface area (Å²) in [4.78, 5) is 30.7. The lowest BCUT2D eigenvalue weighted by Crippen LogP contribution is -2.31. The Morgan fingerprint density at radius 1 is 1.33 bits per heavy atom. The van der Waals surface area contributed by atoms with Gasteiger partial charge in [0.2, 0.25) is 5.95 Å². The van der Waals surface area contributed by atoms with E-state index in [-0.39, 0.29) is 23.8 Å². The molecule has 1 fully saturated rings. The number of nitrogens with zero attached hydrogens (tertiary/aromatic N) is 3. The largest absolute Gasteiger partial charge is 0.394 e. The summed E-state index contributed by atoms with van der Waals surface area (Å²) in [5, 5.41) is 22.3. The van der Waals surface area contributed by atoms with E-state index < -0.39 is 24.0 Å². The lowest BCUT2D eigenvalue weighted by Gasteiger charge is -2.24. The molecule has 9 heteroatoms. The molecule has 2 heterocycles. The highest BCUT2D eigenvalue weighted by Gasteiger charge is 2.22. The molecule has 4 N–H and O–H groups in total. The molecule has 1 aliphatic carbocycles. The molecule has 0 aromatic carbocycles. The van der Waals surface area contributed by atoms with Gasteiger partial charge in [-0.15, -0.1) is 0 Å². The zero-order chi connectivity index (χ0) is 17.3. The molecule has 1 saturated carbocycles. The van der Waals surface area contributed by atoms with E-state index in [1.54, 1.807) is 4.57 Å². The second-order valence-electron chi connectivity index (χ2n) is 6.35. The van der Waals surface area contributed by atoms with Gasteiger partial charge in [-0.25, -0.2) is 4.79 Å². The minimum Gasteiger partial charge on any atom is -0.394 e. The normalized spacial score (nSPS) is 17.3. The fourth-order valence-corrected chi connectivity index (χ4v) is 3.22. The molecule has 0 saturated heterocycles. The van der Waals surface area contributed by atoms with Crippen molar-refractivity contribution in [3.63, 3.8) is 0 Å². The first-order chi connectivity index (χ1) is 11.5. The lowest BCUT2D eigenvalue weighted by molar-refractivity contribution is 0.0824. The summed E-state index contributed by atoms with van der Waals surface area (Å²) >= 11 is 0. The summed E-state index contributed by atoms with van der Waals surface area (Å²) in [6.45, 7) is -0.407. The fraction of sp³-hybridized carbons (Fsp3) is 0.667. The second kappa shape index (κ2) is 6.78. The van der Waals surface area contributed by atoms with Crippen molar-refractivity contribution in [2.24, 2.45) is 7.05 Å². The third-order valence-electron chi connectivity index (χ3n) is 4.55. The van der Waals surface area contributed by atoms with Crippen LogP contribution < -0.4 is 16.6 Å². The fourth-order valence-electron chi connectivity index (χ4n) is 3.22. The first-order valence-electron chi connectivity index (χ1n) is 8.26. The van der Waals surface area contributed by atoms with Gasteiger partial charge >= 0.3 is 5.69 Å². The number of anilines is 1. The minimum absolute atomic E-state index is 0.0172. The third-order valence-corrected chi connectivity index (χ3v) is 4.55. The molecule has 0 radical (unpaired) electrons. The molecule has 1 unspecified atom stereocenters. The van der Waals surface area contributed by atoms with Crippen LogP contribution in [0.1, 0.15) is 32.1 Å². The number of aliphatic hydroxyl groups is 2. The van der Waals surface area contributed by atoms with E-state index >= 15 is 0 Å². The van der Waals surface area contributed by atoms with Crippen molar-refractivity contribution >= 4 is 17.1 Å². The van der Waals surface area contributed by atoms with Crippen LogP contribution in [0.5, 0.6) is 0 Å². The number of aryl methyl sites for hydroxylation is 1. The molecule has 0 amide bonds. The quantitative estimate of drug-likeness (QED) is 0.584. The molecule has 9 nitrogen and oxygen atoms in total. The van der Waals surface area contributed by atoms with Crippen LogP contribution in [0, 0.1) is 0 Å². The van der Waals surface area contributed by atoms with Crippen molar-refractivity contribution in [1.82, 2.24) is 19.1 Å². The smallest absolute Gasteiger partial charge is 0.329 e. The standard InChI is InChI=1S/C15H23N5O4/c1-19-12-11(13(23)18-15(19)24)20(7-10(22)8-21)14(17-12)16-9-5-3-2-4-6-9/h9-10,21-22H,2-8H2,1H3,(H,16,17)(H,18,23,24). The molecule has 1 aliphatic rings. The van der Waals surface area contributed by atoms with Gasteiger partial charge in [-0.3, -0.25) is 14.3 Å². The number of aromatic nitrogens is 4. The van der Waals surface area contributed by atoms with Gasteiger partial charge in [0.15, 0.2) is 11.2 Å². The lowest BCUT2D eigenvalue weighted by atomic mass is 9.96. The summed E-state index contributed by atoms with van der Waals surface area (Å²) in [5.74, 6) is 0.441. The number of H-pyrrole nitrogens is 1. The van der Waals surface area contributed by atoms with Crippen molar-refractivity contribution in [3.05, 3.63) is 20.8 Å². The number of aromatic amines is 1. The molecule has 0 spiro atoms. The molecule has 24 heavy (non-hydrogen) atoms. The molecular weight excluding hydrogens is 314 g/mol. The van der Waals surface area contributed by atoms with E-state index in [2.05, 4.69) is 15.3 Å². The van der Waals surface area contributed by atoms with Crippen LogP contribution >= 0.6 is 0 Å². The van der Waals surface area contributed by atoms with Gasteiger partial charge in [0.05, 0.1) is 19.3 Å². The van der Waals surface area contributed by atoms with Gasteiger partial charge in [0, 0.05) is 13.1 Å². The summed E-state index contributed by atoms with van der Waals surface area (Å²) in [7, 11) is 1.53.